The Kier molecular flexibility index (Phi) is 25.8. The zero-order valence-electron chi connectivity index (χ0n) is 25.4. The Hall–Kier alpha value is -1.06. The number of carboxylic acids is 1. The van der Waals surface area contributed by atoms with Gasteiger partial charge in [-0.25, -0.2) is 0 Å². The Labute approximate surface area is 231 Å². The normalized spacial score (nSPS) is 13.8. The average Bonchev–Trinajstić information content (AvgIpc) is 2.89. The molecule has 0 saturated heterocycles. The van der Waals surface area contributed by atoms with Crippen LogP contribution in [0.1, 0.15) is 175 Å². The summed E-state index contributed by atoms with van der Waals surface area (Å²) in [6.07, 6.45) is 26.4. The molecule has 0 heterocycles. The predicted molar refractivity (Wildman–Crippen MR) is 158 cm³/mol. The molecule has 4 heteroatoms. The van der Waals surface area contributed by atoms with Gasteiger partial charge in [0.15, 0.2) is 0 Å². The Balaban J connectivity index is 4.20. The number of carbonyl (C=O) groups excluding carboxylic acids is 1. The van der Waals surface area contributed by atoms with Crippen LogP contribution in [0.4, 0.5) is 0 Å². The van der Waals surface area contributed by atoms with Gasteiger partial charge in [-0.15, -0.1) is 0 Å². The number of unbranched alkanes of at least 4 members (excludes halogenated alkanes) is 13. The van der Waals surface area contributed by atoms with Gasteiger partial charge < -0.3 is 9.84 Å². The molecule has 0 aromatic heterocycles. The Bertz CT molecular complexity index is 518. The summed E-state index contributed by atoms with van der Waals surface area (Å²) in [5.74, 6) is 0.657. The second kappa shape index (κ2) is 26.5. The number of aliphatic carboxylic acids is 1. The van der Waals surface area contributed by atoms with E-state index >= 15 is 0 Å². The van der Waals surface area contributed by atoms with Gasteiger partial charge in [0.2, 0.25) is 0 Å². The molecule has 0 fully saturated rings. The molecule has 0 radical (unpaired) electrons. The SMILES string of the molecule is CCCCC(CC)COC(=O)C(CCCCCCCCCCCCCCC(=O)O)CC(CC)CCCC. The summed E-state index contributed by atoms with van der Waals surface area (Å²) in [6, 6.07) is 0. The summed E-state index contributed by atoms with van der Waals surface area (Å²) in [7, 11) is 0. The minimum absolute atomic E-state index is 0.0767. The minimum atomic E-state index is -0.671. The first kappa shape index (κ1) is 35.9. The van der Waals surface area contributed by atoms with Crippen LogP contribution in [-0.2, 0) is 14.3 Å². The molecular weight excluding hydrogens is 460 g/mol. The lowest BCUT2D eigenvalue weighted by atomic mass is 9.86. The van der Waals surface area contributed by atoms with Crippen LogP contribution in [0.5, 0.6) is 0 Å². The van der Waals surface area contributed by atoms with Crippen molar-refractivity contribution in [3.8, 4) is 0 Å². The first-order valence-electron chi connectivity index (χ1n) is 16.4. The molecule has 3 unspecified atom stereocenters. The fourth-order valence-corrected chi connectivity index (χ4v) is 5.37. The van der Waals surface area contributed by atoms with E-state index < -0.39 is 5.97 Å². The Morgan fingerprint density at radius 2 is 1.05 bits per heavy atom. The molecular formula is C33H64O4. The molecule has 0 aliphatic carbocycles. The van der Waals surface area contributed by atoms with Crippen molar-refractivity contribution in [2.24, 2.45) is 17.8 Å². The maximum Gasteiger partial charge on any atom is 0.308 e. The molecule has 220 valence electrons. The van der Waals surface area contributed by atoms with Crippen molar-refractivity contribution >= 4 is 11.9 Å². The third kappa shape index (κ3) is 22.6. The summed E-state index contributed by atoms with van der Waals surface area (Å²) >= 11 is 0. The summed E-state index contributed by atoms with van der Waals surface area (Å²) in [6.45, 7) is 9.59. The lowest BCUT2D eigenvalue weighted by Gasteiger charge is -2.23. The summed E-state index contributed by atoms with van der Waals surface area (Å²) in [5.41, 5.74) is 0. The highest BCUT2D eigenvalue weighted by atomic mass is 16.5. The van der Waals surface area contributed by atoms with Crippen LogP contribution < -0.4 is 0 Å². The number of esters is 1. The van der Waals surface area contributed by atoms with E-state index in [4.69, 9.17) is 9.84 Å². The van der Waals surface area contributed by atoms with Crippen molar-refractivity contribution in [2.45, 2.75) is 175 Å². The molecule has 0 spiro atoms. The Morgan fingerprint density at radius 1 is 0.595 bits per heavy atom. The number of carbonyl (C=O) groups is 2. The number of rotatable bonds is 28. The van der Waals surface area contributed by atoms with E-state index in [9.17, 15) is 9.59 Å². The van der Waals surface area contributed by atoms with E-state index in [1.165, 1.54) is 103 Å². The van der Waals surface area contributed by atoms with Gasteiger partial charge >= 0.3 is 11.9 Å². The summed E-state index contributed by atoms with van der Waals surface area (Å²) < 4.78 is 5.91. The van der Waals surface area contributed by atoms with Crippen LogP contribution >= 0.6 is 0 Å². The van der Waals surface area contributed by atoms with Crippen molar-refractivity contribution in [1.29, 1.82) is 0 Å². The van der Waals surface area contributed by atoms with Crippen LogP contribution in [0.3, 0.4) is 0 Å². The first-order chi connectivity index (χ1) is 18.0. The number of ether oxygens (including phenoxy) is 1. The zero-order valence-corrected chi connectivity index (χ0v) is 25.4. The molecule has 0 aliphatic heterocycles. The minimum Gasteiger partial charge on any atom is -0.481 e. The Morgan fingerprint density at radius 3 is 1.51 bits per heavy atom. The van der Waals surface area contributed by atoms with Gasteiger partial charge in [-0.05, 0) is 37.5 Å². The molecule has 0 aromatic rings. The molecule has 0 amide bonds. The molecule has 37 heavy (non-hydrogen) atoms. The quantitative estimate of drug-likeness (QED) is 0.0816. The number of carboxylic acid groups (broad SMARTS) is 1. The van der Waals surface area contributed by atoms with Gasteiger partial charge in [0.25, 0.3) is 0 Å². The van der Waals surface area contributed by atoms with E-state index in [2.05, 4.69) is 27.7 Å². The molecule has 0 aromatic carbocycles. The van der Waals surface area contributed by atoms with E-state index in [0.717, 1.165) is 38.5 Å². The topological polar surface area (TPSA) is 63.6 Å². The van der Waals surface area contributed by atoms with Gasteiger partial charge in [-0.1, -0.05) is 143 Å². The maximum atomic E-state index is 13.1. The van der Waals surface area contributed by atoms with Crippen LogP contribution in [0.2, 0.25) is 0 Å². The molecule has 1 N–H and O–H groups in total. The van der Waals surface area contributed by atoms with Crippen molar-refractivity contribution < 1.29 is 19.4 Å². The lowest BCUT2D eigenvalue weighted by molar-refractivity contribution is -0.151. The second-order valence-electron chi connectivity index (χ2n) is 11.6. The predicted octanol–water partition coefficient (Wildman–Crippen LogP) is 10.5. The fraction of sp³-hybridized carbons (Fsp3) is 0.939. The van der Waals surface area contributed by atoms with Gasteiger partial charge in [-0.2, -0.15) is 0 Å². The second-order valence-corrected chi connectivity index (χ2v) is 11.6. The number of hydrogen-bond donors (Lipinski definition) is 1. The monoisotopic (exact) mass is 524 g/mol. The average molecular weight is 525 g/mol. The highest BCUT2D eigenvalue weighted by Crippen LogP contribution is 2.27. The maximum absolute atomic E-state index is 13.1. The van der Waals surface area contributed by atoms with E-state index in [0.29, 0.717) is 24.9 Å². The zero-order chi connectivity index (χ0) is 27.6. The van der Waals surface area contributed by atoms with Crippen molar-refractivity contribution in [3.05, 3.63) is 0 Å². The molecule has 0 bridgehead atoms. The highest BCUT2D eigenvalue weighted by Gasteiger charge is 2.24. The smallest absolute Gasteiger partial charge is 0.308 e. The van der Waals surface area contributed by atoms with E-state index in [-0.39, 0.29) is 11.9 Å². The molecule has 4 nitrogen and oxygen atoms in total. The summed E-state index contributed by atoms with van der Waals surface area (Å²) in [4.78, 5) is 23.6. The van der Waals surface area contributed by atoms with Crippen LogP contribution in [0.25, 0.3) is 0 Å². The largest absolute Gasteiger partial charge is 0.481 e. The molecule has 0 rings (SSSR count). The standard InChI is InChI=1S/C33H64O4/c1-5-9-23-29(7-3)27-31(33(36)37-28-30(8-4)24-10-6-2)25-21-19-17-15-13-11-12-14-16-18-20-22-26-32(34)35/h29-31H,5-28H2,1-4H3,(H,34,35). The van der Waals surface area contributed by atoms with Crippen molar-refractivity contribution in [1.82, 2.24) is 0 Å². The molecule has 0 saturated carbocycles. The van der Waals surface area contributed by atoms with Gasteiger partial charge in [-0.3, -0.25) is 9.59 Å². The van der Waals surface area contributed by atoms with Crippen molar-refractivity contribution in [2.75, 3.05) is 6.61 Å². The van der Waals surface area contributed by atoms with Gasteiger partial charge in [0.1, 0.15) is 0 Å². The lowest BCUT2D eigenvalue weighted by Crippen LogP contribution is -2.23. The number of hydrogen-bond acceptors (Lipinski definition) is 3. The van der Waals surface area contributed by atoms with Crippen LogP contribution in [0.15, 0.2) is 0 Å². The van der Waals surface area contributed by atoms with Gasteiger partial charge in [0, 0.05) is 6.42 Å². The summed E-state index contributed by atoms with van der Waals surface area (Å²) in [5, 5.41) is 8.67. The third-order valence-electron chi connectivity index (χ3n) is 8.19. The van der Waals surface area contributed by atoms with E-state index in [1.54, 1.807) is 0 Å². The molecule has 3 atom stereocenters. The molecule has 0 aliphatic rings. The highest BCUT2D eigenvalue weighted by molar-refractivity contribution is 5.72. The first-order valence-corrected chi connectivity index (χ1v) is 16.4. The fourth-order valence-electron chi connectivity index (χ4n) is 5.37. The van der Waals surface area contributed by atoms with Crippen LogP contribution in [0, 0.1) is 17.8 Å². The van der Waals surface area contributed by atoms with Crippen LogP contribution in [-0.4, -0.2) is 23.7 Å². The van der Waals surface area contributed by atoms with E-state index in [1.807, 2.05) is 0 Å². The van der Waals surface area contributed by atoms with Crippen molar-refractivity contribution in [3.63, 3.8) is 0 Å². The third-order valence-corrected chi connectivity index (χ3v) is 8.19. The van der Waals surface area contributed by atoms with Gasteiger partial charge in [0.05, 0.1) is 12.5 Å².